The van der Waals surface area contributed by atoms with E-state index in [4.69, 9.17) is 9.97 Å². The van der Waals surface area contributed by atoms with Crippen LogP contribution >= 0.6 is 11.3 Å². The lowest BCUT2D eigenvalue weighted by Crippen LogP contribution is -2.02. The van der Waals surface area contributed by atoms with Gasteiger partial charge in [0, 0.05) is 48.1 Å². The highest BCUT2D eigenvalue weighted by molar-refractivity contribution is 7.25. The molecule has 14 rings (SSSR count). The Balaban J connectivity index is 1.05. The van der Waals surface area contributed by atoms with Gasteiger partial charge in [-0.3, -0.25) is 4.57 Å². The van der Waals surface area contributed by atoms with E-state index in [-0.39, 0.29) is 0 Å². The second-order valence-corrected chi connectivity index (χ2v) is 18.4. The van der Waals surface area contributed by atoms with Crippen molar-refractivity contribution >= 4 is 96.4 Å². The van der Waals surface area contributed by atoms with Gasteiger partial charge in [0.1, 0.15) is 5.82 Å². The van der Waals surface area contributed by atoms with Gasteiger partial charge in [0.2, 0.25) is 0 Å². The molecule has 3 nitrogen and oxygen atoms in total. The molecule has 66 heavy (non-hydrogen) atoms. The standard InChI is InChI=1S/C62H37N3S/c1-3-14-39(15-4-1)56-37-61(64-62(63-56)40-16-5-2-6-17-40)65-57-30-27-44(42-24-23-38-13-7-8-18-41(38)31-42)33-54(57)55-35-52-47-20-10-9-19-46(47)51-32-43(25-28-48(51)53(52)36-58(55)65)45-26-29-50-49-21-11-12-22-59(49)66-60(50)34-45/h1-37H. The minimum atomic E-state index is 0.688. The van der Waals surface area contributed by atoms with Crippen molar-refractivity contribution in [1.29, 1.82) is 0 Å². The van der Waals surface area contributed by atoms with Gasteiger partial charge in [0.05, 0.1) is 16.7 Å². The molecule has 306 valence electrons. The molecule has 0 saturated carbocycles. The summed E-state index contributed by atoms with van der Waals surface area (Å²) in [5.74, 6) is 1.51. The van der Waals surface area contributed by atoms with Crippen molar-refractivity contribution in [2.45, 2.75) is 0 Å². The zero-order chi connectivity index (χ0) is 43.3. The van der Waals surface area contributed by atoms with E-state index < -0.39 is 0 Å². The number of thiophene rings is 1. The van der Waals surface area contributed by atoms with Gasteiger partial charge in [-0.15, -0.1) is 11.3 Å². The Kier molecular flexibility index (Phi) is 8.15. The molecule has 0 radical (unpaired) electrons. The smallest absolute Gasteiger partial charge is 0.162 e. The molecule has 0 aliphatic rings. The third kappa shape index (κ3) is 5.82. The van der Waals surface area contributed by atoms with E-state index in [1.165, 1.54) is 96.3 Å². The van der Waals surface area contributed by atoms with Crippen molar-refractivity contribution < 1.29 is 0 Å². The lowest BCUT2D eigenvalue weighted by atomic mass is 9.91. The van der Waals surface area contributed by atoms with Gasteiger partial charge in [0.15, 0.2) is 5.82 Å². The van der Waals surface area contributed by atoms with E-state index in [1.807, 2.05) is 17.4 Å². The van der Waals surface area contributed by atoms with Crippen LogP contribution < -0.4 is 0 Å². The first-order valence-corrected chi connectivity index (χ1v) is 23.3. The van der Waals surface area contributed by atoms with Crippen LogP contribution in [0.4, 0.5) is 0 Å². The summed E-state index contributed by atoms with van der Waals surface area (Å²) in [6.07, 6.45) is 0. The fraction of sp³-hybridized carbons (Fsp3) is 0. The minimum Gasteiger partial charge on any atom is -0.294 e. The van der Waals surface area contributed by atoms with E-state index in [1.54, 1.807) is 0 Å². The van der Waals surface area contributed by atoms with E-state index >= 15 is 0 Å². The highest BCUT2D eigenvalue weighted by Gasteiger charge is 2.20. The predicted octanol–water partition coefficient (Wildman–Crippen LogP) is 17.2. The summed E-state index contributed by atoms with van der Waals surface area (Å²) in [4.78, 5) is 10.6. The highest BCUT2D eigenvalue weighted by atomic mass is 32.1. The number of fused-ring (bicyclic) bond motifs is 13. The maximum absolute atomic E-state index is 5.41. The van der Waals surface area contributed by atoms with Gasteiger partial charge >= 0.3 is 0 Å². The maximum atomic E-state index is 5.41. The van der Waals surface area contributed by atoms with Crippen LogP contribution in [-0.4, -0.2) is 14.5 Å². The van der Waals surface area contributed by atoms with Crippen LogP contribution in [0.15, 0.2) is 224 Å². The second-order valence-electron chi connectivity index (χ2n) is 17.3. The first-order valence-electron chi connectivity index (χ1n) is 22.5. The van der Waals surface area contributed by atoms with Crippen molar-refractivity contribution in [3.8, 4) is 50.7 Å². The lowest BCUT2D eigenvalue weighted by Gasteiger charge is -2.14. The van der Waals surface area contributed by atoms with Crippen molar-refractivity contribution in [2.24, 2.45) is 0 Å². The molecule has 0 aliphatic heterocycles. The van der Waals surface area contributed by atoms with Crippen LogP contribution in [0.5, 0.6) is 0 Å². The fourth-order valence-corrected chi connectivity index (χ4v) is 11.5. The molecule has 0 unspecified atom stereocenters. The molecule has 3 aromatic heterocycles. The molecule has 0 N–H and O–H groups in total. The maximum Gasteiger partial charge on any atom is 0.162 e. The Bertz CT molecular complexity index is 4220. The SMILES string of the molecule is c1ccc(-c2cc(-n3c4ccc(-c5ccc6ccccc6c5)cc4c4cc5c6ccccc6c6cc(-c7ccc8c(c7)sc7ccccc78)ccc6c5cc43)nc(-c3ccccc3)n2)cc1. The topological polar surface area (TPSA) is 30.7 Å². The van der Waals surface area contributed by atoms with Gasteiger partial charge in [-0.1, -0.05) is 170 Å². The van der Waals surface area contributed by atoms with Crippen LogP contribution in [-0.2, 0) is 0 Å². The highest BCUT2D eigenvalue weighted by Crippen LogP contribution is 2.44. The third-order valence-electron chi connectivity index (χ3n) is 13.6. The van der Waals surface area contributed by atoms with Crippen LogP contribution in [0, 0.1) is 0 Å². The van der Waals surface area contributed by atoms with Crippen molar-refractivity contribution in [2.75, 3.05) is 0 Å². The van der Waals surface area contributed by atoms with Crippen LogP contribution in [0.1, 0.15) is 0 Å². The normalized spacial score (nSPS) is 11.9. The summed E-state index contributed by atoms with van der Waals surface area (Å²) in [5.41, 5.74) is 9.89. The molecule has 0 fully saturated rings. The summed E-state index contributed by atoms with van der Waals surface area (Å²) >= 11 is 1.87. The summed E-state index contributed by atoms with van der Waals surface area (Å²) in [7, 11) is 0. The number of nitrogens with zero attached hydrogens (tertiary/aromatic N) is 3. The largest absolute Gasteiger partial charge is 0.294 e. The zero-order valence-corrected chi connectivity index (χ0v) is 36.4. The summed E-state index contributed by atoms with van der Waals surface area (Å²) < 4.78 is 5.00. The number of benzene rings is 11. The average molecular weight is 856 g/mol. The molecule has 0 amide bonds. The number of rotatable bonds is 5. The molecule has 0 spiro atoms. The zero-order valence-electron chi connectivity index (χ0n) is 35.6. The number of aromatic nitrogens is 3. The van der Waals surface area contributed by atoms with Crippen LogP contribution in [0.2, 0.25) is 0 Å². The number of hydrogen-bond donors (Lipinski definition) is 0. The third-order valence-corrected chi connectivity index (χ3v) is 14.7. The quantitative estimate of drug-likeness (QED) is 0.162. The molecule has 0 atom stereocenters. The van der Waals surface area contributed by atoms with E-state index in [2.05, 4.69) is 223 Å². The van der Waals surface area contributed by atoms with Crippen molar-refractivity contribution in [1.82, 2.24) is 14.5 Å². The minimum absolute atomic E-state index is 0.688. The van der Waals surface area contributed by atoms with E-state index in [0.29, 0.717) is 5.82 Å². The molecule has 0 aliphatic carbocycles. The molecule has 0 saturated heterocycles. The molecule has 4 heteroatoms. The van der Waals surface area contributed by atoms with Crippen molar-refractivity contribution in [3.05, 3.63) is 224 Å². The summed E-state index contributed by atoms with van der Waals surface area (Å²) in [6.45, 7) is 0. The van der Waals surface area contributed by atoms with Crippen LogP contribution in [0.3, 0.4) is 0 Å². The van der Waals surface area contributed by atoms with Gasteiger partial charge in [-0.05, 0) is 114 Å². The molecular weight excluding hydrogens is 819 g/mol. The lowest BCUT2D eigenvalue weighted by molar-refractivity contribution is 1.05. The molecule has 3 heterocycles. The Morgan fingerprint density at radius 1 is 0.288 bits per heavy atom. The summed E-state index contributed by atoms with van der Waals surface area (Å²) in [5, 5.41) is 14.9. The Morgan fingerprint density at radius 2 is 0.833 bits per heavy atom. The molecule has 0 bridgehead atoms. The van der Waals surface area contributed by atoms with E-state index in [9.17, 15) is 0 Å². The first-order chi connectivity index (χ1) is 32.7. The van der Waals surface area contributed by atoms with Crippen molar-refractivity contribution in [3.63, 3.8) is 0 Å². The van der Waals surface area contributed by atoms with Gasteiger partial charge < -0.3 is 0 Å². The summed E-state index contributed by atoms with van der Waals surface area (Å²) in [6, 6.07) is 81.8. The molecule has 11 aromatic carbocycles. The molecular formula is C62H37N3S. The van der Waals surface area contributed by atoms with Gasteiger partial charge in [0.25, 0.3) is 0 Å². The fourth-order valence-electron chi connectivity index (χ4n) is 10.4. The monoisotopic (exact) mass is 855 g/mol. The van der Waals surface area contributed by atoms with Gasteiger partial charge in [-0.25, -0.2) is 9.97 Å². The van der Waals surface area contributed by atoms with Crippen LogP contribution in [0.25, 0.3) is 136 Å². The van der Waals surface area contributed by atoms with Gasteiger partial charge in [-0.2, -0.15) is 0 Å². The Labute approximate surface area is 384 Å². The predicted molar refractivity (Wildman–Crippen MR) is 281 cm³/mol. The molecule has 14 aromatic rings. The van der Waals surface area contributed by atoms with E-state index in [0.717, 1.165) is 33.7 Å². The number of hydrogen-bond acceptors (Lipinski definition) is 3. The second kappa shape index (κ2) is 14.5. The Hall–Kier alpha value is -8.44. The first kappa shape index (κ1) is 37.0. The Morgan fingerprint density at radius 3 is 1.64 bits per heavy atom. The average Bonchev–Trinajstić information content (AvgIpc) is 3.93.